The van der Waals surface area contributed by atoms with E-state index in [1.54, 1.807) is 24.3 Å². The topological polar surface area (TPSA) is 80.2 Å². The number of carbonyl (C=O) groups excluding carboxylic acids is 3. The van der Waals surface area contributed by atoms with E-state index >= 15 is 0 Å². The monoisotopic (exact) mass is 387 g/mol. The summed E-state index contributed by atoms with van der Waals surface area (Å²) in [6, 6.07) is 14.6. The molecule has 1 aliphatic rings. The summed E-state index contributed by atoms with van der Waals surface area (Å²) < 4.78 is 1.99. The first-order valence-corrected chi connectivity index (χ1v) is 9.52. The predicted octanol–water partition coefficient (Wildman–Crippen LogP) is 3.32. The van der Waals surface area contributed by atoms with Crippen LogP contribution in [0.5, 0.6) is 0 Å². The molecule has 2 amide bonds. The maximum Gasteiger partial charge on any atom is 0.267 e. The van der Waals surface area contributed by atoms with Crippen molar-refractivity contribution in [2.45, 2.75) is 19.4 Å². The molecule has 2 aromatic carbocycles. The molecule has 0 saturated carbocycles. The van der Waals surface area contributed by atoms with Crippen LogP contribution in [0, 0.1) is 0 Å². The van der Waals surface area contributed by atoms with E-state index in [2.05, 4.69) is 17.2 Å². The highest BCUT2D eigenvalue weighted by atomic mass is 16.2. The molecule has 0 unspecified atom stereocenters. The van der Waals surface area contributed by atoms with Crippen molar-refractivity contribution in [1.29, 1.82) is 0 Å². The largest absolute Gasteiger partial charge is 0.351 e. The number of anilines is 1. The van der Waals surface area contributed by atoms with Crippen LogP contribution in [-0.4, -0.2) is 28.7 Å². The summed E-state index contributed by atoms with van der Waals surface area (Å²) in [5.74, 6) is -0.394. The van der Waals surface area contributed by atoms with Crippen LogP contribution in [0.2, 0.25) is 0 Å². The second kappa shape index (κ2) is 7.75. The fourth-order valence-electron chi connectivity index (χ4n) is 3.63. The third kappa shape index (κ3) is 3.82. The predicted molar refractivity (Wildman–Crippen MR) is 112 cm³/mol. The van der Waals surface area contributed by atoms with Gasteiger partial charge in [-0.05, 0) is 42.3 Å². The molecule has 0 aliphatic carbocycles. The van der Waals surface area contributed by atoms with Crippen LogP contribution < -0.4 is 10.6 Å². The molecule has 4 rings (SSSR count). The fourth-order valence-corrected chi connectivity index (χ4v) is 3.63. The van der Waals surface area contributed by atoms with Crippen LogP contribution in [0.1, 0.15) is 32.8 Å². The molecule has 2 N–H and O–H groups in total. The van der Waals surface area contributed by atoms with E-state index < -0.39 is 0 Å². The summed E-state index contributed by atoms with van der Waals surface area (Å²) in [4.78, 5) is 36.6. The van der Waals surface area contributed by atoms with Gasteiger partial charge in [0, 0.05) is 41.7 Å². The van der Waals surface area contributed by atoms with Crippen molar-refractivity contribution < 1.29 is 14.4 Å². The molecule has 0 radical (unpaired) electrons. The second-order valence-corrected chi connectivity index (χ2v) is 7.06. The Balaban J connectivity index is 1.60. The zero-order chi connectivity index (χ0) is 20.4. The van der Waals surface area contributed by atoms with Gasteiger partial charge in [0.25, 0.3) is 5.91 Å². The van der Waals surface area contributed by atoms with Gasteiger partial charge in [-0.2, -0.15) is 0 Å². The van der Waals surface area contributed by atoms with E-state index in [0.717, 1.165) is 29.4 Å². The number of fused-ring (bicyclic) bond motifs is 3. The van der Waals surface area contributed by atoms with Crippen LogP contribution >= 0.6 is 0 Å². The molecule has 6 heteroatoms. The highest BCUT2D eigenvalue weighted by molar-refractivity contribution is 6.03. The second-order valence-electron chi connectivity index (χ2n) is 7.06. The molecule has 1 aromatic heterocycles. The van der Waals surface area contributed by atoms with E-state index in [0.29, 0.717) is 23.5 Å². The highest BCUT2D eigenvalue weighted by Gasteiger charge is 2.19. The van der Waals surface area contributed by atoms with Crippen LogP contribution in [0.15, 0.2) is 61.2 Å². The fraction of sp³-hybridized carbons (Fsp3) is 0.174. The quantitative estimate of drug-likeness (QED) is 0.521. The molecule has 0 fully saturated rings. The van der Waals surface area contributed by atoms with Gasteiger partial charge in [-0.25, -0.2) is 0 Å². The molecule has 0 spiro atoms. The normalized spacial score (nSPS) is 13.3. The number of amides is 2. The van der Waals surface area contributed by atoms with Gasteiger partial charge in [0.15, 0.2) is 5.78 Å². The molecule has 2 heterocycles. The Morgan fingerprint density at radius 1 is 1.17 bits per heavy atom. The highest BCUT2D eigenvalue weighted by Crippen LogP contribution is 2.24. The molecule has 0 saturated heterocycles. The summed E-state index contributed by atoms with van der Waals surface area (Å²) in [6.07, 6.45) is 2.27. The summed E-state index contributed by atoms with van der Waals surface area (Å²) in [6.45, 7) is 4.82. The first kappa shape index (κ1) is 18.7. The average Bonchev–Trinajstić information content (AvgIpc) is 2.99. The summed E-state index contributed by atoms with van der Waals surface area (Å²) in [7, 11) is 0. The van der Waals surface area contributed by atoms with Crippen LogP contribution in [0.25, 0.3) is 10.9 Å². The van der Waals surface area contributed by atoms with Crippen molar-refractivity contribution in [3.63, 3.8) is 0 Å². The first-order valence-electron chi connectivity index (χ1n) is 9.52. The standard InChI is InChI=1S/C23H21N3O3/c1-2-22(28)25-18-6-3-5-15(11-18)12-21(27)17-8-7-16-13-20-23(29)24-9-4-10-26(20)19(16)14-17/h2-3,5-8,11,13-14H,1,4,9-10,12H2,(H,24,29)(H,25,28). The molecule has 29 heavy (non-hydrogen) atoms. The number of hydrogen-bond donors (Lipinski definition) is 2. The van der Waals surface area contributed by atoms with Gasteiger partial charge >= 0.3 is 0 Å². The first-order chi connectivity index (χ1) is 14.0. The summed E-state index contributed by atoms with van der Waals surface area (Å²) in [5, 5.41) is 6.54. The number of aromatic nitrogens is 1. The molecular formula is C23H21N3O3. The van der Waals surface area contributed by atoms with E-state index in [1.807, 2.05) is 28.8 Å². The number of carbonyl (C=O) groups is 3. The number of ketones is 1. The molecule has 6 nitrogen and oxygen atoms in total. The molecule has 1 aliphatic heterocycles. The number of nitrogens with zero attached hydrogens (tertiary/aromatic N) is 1. The van der Waals surface area contributed by atoms with Crippen molar-refractivity contribution in [2.24, 2.45) is 0 Å². The number of nitrogens with one attached hydrogen (secondary N) is 2. The number of rotatable bonds is 5. The zero-order valence-corrected chi connectivity index (χ0v) is 15.9. The van der Waals surface area contributed by atoms with E-state index in [-0.39, 0.29) is 24.0 Å². The Morgan fingerprint density at radius 2 is 2.03 bits per heavy atom. The molecule has 146 valence electrons. The number of Topliss-reactive ketones (excluding diaryl/α,β-unsaturated/α-hetero) is 1. The molecule has 0 atom stereocenters. The third-order valence-corrected chi connectivity index (χ3v) is 5.05. The van der Waals surface area contributed by atoms with Gasteiger partial charge in [-0.1, -0.05) is 30.8 Å². The van der Waals surface area contributed by atoms with E-state index in [9.17, 15) is 14.4 Å². The average molecular weight is 387 g/mol. The van der Waals surface area contributed by atoms with Crippen LogP contribution in [0.4, 0.5) is 5.69 Å². The smallest absolute Gasteiger partial charge is 0.267 e. The van der Waals surface area contributed by atoms with Crippen LogP contribution in [0.3, 0.4) is 0 Å². The number of aryl methyl sites for hydroxylation is 1. The number of hydrogen-bond acceptors (Lipinski definition) is 3. The zero-order valence-electron chi connectivity index (χ0n) is 15.9. The lowest BCUT2D eigenvalue weighted by Crippen LogP contribution is -2.22. The minimum absolute atomic E-state index is 0.0206. The lowest BCUT2D eigenvalue weighted by Gasteiger charge is -2.08. The maximum absolute atomic E-state index is 12.9. The summed E-state index contributed by atoms with van der Waals surface area (Å²) >= 11 is 0. The van der Waals surface area contributed by atoms with Crippen molar-refractivity contribution in [1.82, 2.24) is 9.88 Å². The van der Waals surface area contributed by atoms with Gasteiger partial charge in [0.05, 0.1) is 0 Å². The van der Waals surface area contributed by atoms with E-state index in [4.69, 9.17) is 0 Å². The molecule has 0 bridgehead atoms. The molecule has 3 aromatic rings. The van der Waals surface area contributed by atoms with Gasteiger partial charge in [-0.15, -0.1) is 0 Å². The minimum Gasteiger partial charge on any atom is -0.351 e. The SMILES string of the molecule is C=CC(=O)Nc1cccc(CC(=O)c2ccc3cc4n(c3c2)CCCNC4=O)c1. The lowest BCUT2D eigenvalue weighted by atomic mass is 10.0. The Morgan fingerprint density at radius 3 is 2.86 bits per heavy atom. The number of benzene rings is 2. The van der Waals surface area contributed by atoms with Gasteiger partial charge in [-0.3, -0.25) is 14.4 Å². The summed E-state index contributed by atoms with van der Waals surface area (Å²) in [5.41, 5.74) is 3.56. The van der Waals surface area contributed by atoms with Crippen molar-refractivity contribution in [3.8, 4) is 0 Å². The lowest BCUT2D eigenvalue weighted by molar-refractivity contribution is -0.111. The van der Waals surface area contributed by atoms with Gasteiger partial charge < -0.3 is 15.2 Å². The van der Waals surface area contributed by atoms with Crippen molar-refractivity contribution >= 4 is 34.2 Å². The van der Waals surface area contributed by atoms with Crippen molar-refractivity contribution in [3.05, 3.63) is 78.0 Å². The van der Waals surface area contributed by atoms with Gasteiger partial charge in [0.2, 0.25) is 5.91 Å². The third-order valence-electron chi connectivity index (χ3n) is 5.05. The Bertz CT molecular complexity index is 1140. The van der Waals surface area contributed by atoms with Crippen molar-refractivity contribution in [2.75, 3.05) is 11.9 Å². The van der Waals surface area contributed by atoms with Crippen LogP contribution in [-0.2, 0) is 17.8 Å². The maximum atomic E-state index is 12.9. The minimum atomic E-state index is -0.295. The Kier molecular flexibility index (Phi) is 4.99. The van der Waals surface area contributed by atoms with Gasteiger partial charge in [0.1, 0.15) is 5.69 Å². The Hall–Kier alpha value is -3.67. The Labute approximate surface area is 168 Å². The van der Waals surface area contributed by atoms with E-state index in [1.165, 1.54) is 6.08 Å². The molecular weight excluding hydrogens is 366 g/mol.